The average molecular weight is 368 g/mol. The standard InChI is InChI=1S/C19H23Cl2NO2/c20-17-6-4-15(5-7-17)14-24-19-9-8-18(21)12-16(19)13-22-10-2-1-3-11-23/h4-9,12,22-23H,1-3,10-11,13-14H2. The molecule has 0 aliphatic carbocycles. The Hall–Kier alpha value is -1.26. The van der Waals surface area contributed by atoms with Crippen LogP contribution in [0.1, 0.15) is 30.4 Å². The first kappa shape index (κ1) is 19.1. The van der Waals surface area contributed by atoms with E-state index in [4.69, 9.17) is 33.0 Å². The molecule has 2 aromatic rings. The van der Waals surface area contributed by atoms with Crippen molar-refractivity contribution in [1.82, 2.24) is 5.32 Å². The van der Waals surface area contributed by atoms with Gasteiger partial charge in [0.2, 0.25) is 0 Å². The molecule has 2 N–H and O–H groups in total. The van der Waals surface area contributed by atoms with Crippen molar-refractivity contribution in [1.29, 1.82) is 0 Å². The van der Waals surface area contributed by atoms with Crippen molar-refractivity contribution in [2.75, 3.05) is 13.2 Å². The van der Waals surface area contributed by atoms with Crippen LogP contribution in [0.4, 0.5) is 0 Å². The Bertz CT molecular complexity index is 617. The van der Waals surface area contributed by atoms with E-state index in [1.54, 1.807) is 0 Å². The molecule has 24 heavy (non-hydrogen) atoms. The van der Waals surface area contributed by atoms with Gasteiger partial charge in [0, 0.05) is 28.8 Å². The van der Waals surface area contributed by atoms with Gasteiger partial charge < -0.3 is 15.2 Å². The summed E-state index contributed by atoms with van der Waals surface area (Å²) in [4.78, 5) is 0. The number of rotatable bonds is 10. The summed E-state index contributed by atoms with van der Waals surface area (Å²) in [6, 6.07) is 13.3. The van der Waals surface area contributed by atoms with Crippen molar-refractivity contribution in [2.45, 2.75) is 32.4 Å². The first-order chi connectivity index (χ1) is 11.7. The number of halogens is 2. The van der Waals surface area contributed by atoms with Crippen molar-refractivity contribution >= 4 is 23.2 Å². The van der Waals surface area contributed by atoms with Gasteiger partial charge in [-0.3, -0.25) is 0 Å². The fourth-order valence-electron chi connectivity index (χ4n) is 2.33. The number of benzene rings is 2. The van der Waals surface area contributed by atoms with Crippen LogP contribution in [0.3, 0.4) is 0 Å². The Balaban J connectivity index is 1.88. The van der Waals surface area contributed by atoms with E-state index in [2.05, 4.69) is 5.32 Å². The van der Waals surface area contributed by atoms with E-state index < -0.39 is 0 Å². The van der Waals surface area contributed by atoms with Crippen molar-refractivity contribution in [3.63, 3.8) is 0 Å². The predicted molar refractivity (Wildman–Crippen MR) is 99.9 cm³/mol. The van der Waals surface area contributed by atoms with Crippen LogP contribution in [0.5, 0.6) is 5.75 Å². The third-order valence-corrected chi connectivity index (χ3v) is 4.14. The fourth-order valence-corrected chi connectivity index (χ4v) is 2.65. The lowest BCUT2D eigenvalue weighted by Crippen LogP contribution is -2.15. The van der Waals surface area contributed by atoms with Gasteiger partial charge in [0.15, 0.2) is 0 Å². The second kappa shape index (κ2) is 10.6. The lowest BCUT2D eigenvalue weighted by Gasteiger charge is -2.13. The highest BCUT2D eigenvalue weighted by atomic mass is 35.5. The van der Waals surface area contributed by atoms with Crippen LogP contribution in [0.25, 0.3) is 0 Å². The Morgan fingerprint density at radius 2 is 1.67 bits per heavy atom. The molecule has 0 bridgehead atoms. The fraction of sp³-hybridized carbons (Fsp3) is 0.368. The van der Waals surface area contributed by atoms with Crippen LogP contribution in [-0.4, -0.2) is 18.3 Å². The Labute approximate surface area is 153 Å². The normalized spacial score (nSPS) is 10.8. The molecule has 2 aromatic carbocycles. The molecule has 5 heteroatoms. The minimum absolute atomic E-state index is 0.261. The highest BCUT2D eigenvalue weighted by molar-refractivity contribution is 6.30. The molecule has 0 amide bonds. The molecule has 0 atom stereocenters. The van der Waals surface area contributed by atoms with Crippen LogP contribution in [0, 0.1) is 0 Å². The van der Waals surface area contributed by atoms with E-state index in [1.807, 2.05) is 42.5 Å². The highest BCUT2D eigenvalue weighted by Gasteiger charge is 2.05. The molecule has 0 unspecified atom stereocenters. The largest absolute Gasteiger partial charge is 0.489 e. The number of nitrogens with one attached hydrogen (secondary N) is 1. The van der Waals surface area contributed by atoms with Crippen LogP contribution in [0.2, 0.25) is 10.0 Å². The van der Waals surface area contributed by atoms with Crippen LogP contribution in [0.15, 0.2) is 42.5 Å². The zero-order valence-corrected chi connectivity index (χ0v) is 15.1. The number of hydrogen-bond acceptors (Lipinski definition) is 3. The molecule has 0 aromatic heterocycles. The quantitative estimate of drug-likeness (QED) is 0.591. The number of aliphatic hydroxyl groups is 1. The summed E-state index contributed by atoms with van der Waals surface area (Å²) in [5.41, 5.74) is 2.11. The molecule has 3 nitrogen and oxygen atoms in total. The van der Waals surface area contributed by atoms with Crippen molar-refractivity contribution in [3.05, 3.63) is 63.6 Å². The molecular formula is C19H23Cl2NO2. The van der Waals surface area contributed by atoms with Crippen molar-refractivity contribution in [3.8, 4) is 5.75 Å². The SMILES string of the molecule is OCCCCCNCc1cc(Cl)ccc1OCc1ccc(Cl)cc1. The van der Waals surface area contributed by atoms with Gasteiger partial charge in [0.1, 0.15) is 12.4 Å². The van der Waals surface area contributed by atoms with E-state index in [-0.39, 0.29) is 6.61 Å². The molecule has 2 rings (SSSR count). The van der Waals surface area contributed by atoms with E-state index >= 15 is 0 Å². The smallest absolute Gasteiger partial charge is 0.124 e. The molecule has 130 valence electrons. The van der Waals surface area contributed by atoms with Gasteiger partial charge in [0.25, 0.3) is 0 Å². The summed E-state index contributed by atoms with van der Waals surface area (Å²) in [6.07, 6.45) is 2.93. The van der Waals surface area contributed by atoms with E-state index in [0.717, 1.165) is 47.7 Å². The Morgan fingerprint density at radius 1 is 0.917 bits per heavy atom. The Kier molecular flexibility index (Phi) is 8.40. The first-order valence-corrected chi connectivity index (χ1v) is 8.92. The molecule has 0 aliphatic rings. The van der Waals surface area contributed by atoms with E-state index in [0.29, 0.717) is 18.2 Å². The molecular weight excluding hydrogens is 345 g/mol. The number of ether oxygens (including phenoxy) is 1. The first-order valence-electron chi connectivity index (χ1n) is 8.16. The lowest BCUT2D eigenvalue weighted by molar-refractivity contribution is 0.282. The molecule has 0 fully saturated rings. The van der Waals surface area contributed by atoms with Gasteiger partial charge in [0.05, 0.1) is 0 Å². The third kappa shape index (κ3) is 6.70. The van der Waals surface area contributed by atoms with Crippen LogP contribution >= 0.6 is 23.2 Å². The minimum Gasteiger partial charge on any atom is -0.489 e. The maximum absolute atomic E-state index is 8.78. The van der Waals surface area contributed by atoms with Gasteiger partial charge in [-0.25, -0.2) is 0 Å². The highest BCUT2D eigenvalue weighted by Crippen LogP contribution is 2.24. The average Bonchev–Trinajstić information content (AvgIpc) is 2.58. The third-order valence-electron chi connectivity index (χ3n) is 3.66. The van der Waals surface area contributed by atoms with Gasteiger partial charge >= 0.3 is 0 Å². The summed E-state index contributed by atoms with van der Waals surface area (Å²) in [5, 5.41) is 13.6. The van der Waals surface area contributed by atoms with Crippen molar-refractivity contribution < 1.29 is 9.84 Å². The summed E-state index contributed by atoms with van der Waals surface area (Å²) in [7, 11) is 0. The monoisotopic (exact) mass is 367 g/mol. The van der Waals surface area contributed by atoms with Crippen LogP contribution in [-0.2, 0) is 13.2 Å². The van der Waals surface area contributed by atoms with Gasteiger partial charge in [-0.15, -0.1) is 0 Å². The second-order valence-electron chi connectivity index (χ2n) is 5.63. The molecule has 0 saturated heterocycles. The topological polar surface area (TPSA) is 41.5 Å². The number of unbranched alkanes of at least 4 members (excludes halogenated alkanes) is 2. The Morgan fingerprint density at radius 3 is 2.42 bits per heavy atom. The summed E-state index contributed by atoms with van der Waals surface area (Å²) in [5.74, 6) is 0.831. The van der Waals surface area contributed by atoms with E-state index in [1.165, 1.54) is 0 Å². The predicted octanol–water partition coefficient (Wildman–Crippen LogP) is 4.82. The summed E-state index contributed by atoms with van der Waals surface area (Å²) in [6.45, 7) is 2.36. The molecule has 0 saturated carbocycles. The minimum atomic E-state index is 0.261. The van der Waals surface area contributed by atoms with Gasteiger partial charge in [-0.05, 0) is 61.7 Å². The lowest BCUT2D eigenvalue weighted by atomic mass is 10.2. The van der Waals surface area contributed by atoms with Crippen molar-refractivity contribution in [2.24, 2.45) is 0 Å². The maximum Gasteiger partial charge on any atom is 0.124 e. The molecule has 0 heterocycles. The number of hydrogen-bond donors (Lipinski definition) is 2. The van der Waals surface area contributed by atoms with Gasteiger partial charge in [-0.1, -0.05) is 35.3 Å². The number of aliphatic hydroxyl groups excluding tert-OH is 1. The van der Waals surface area contributed by atoms with Gasteiger partial charge in [-0.2, -0.15) is 0 Å². The molecule has 0 radical (unpaired) electrons. The molecule has 0 spiro atoms. The second-order valence-corrected chi connectivity index (χ2v) is 6.50. The zero-order valence-electron chi connectivity index (χ0n) is 13.6. The summed E-state index contributed by atoms with van der Waals surface area (Å²) >= 11 is 12.0. The zero-order chi connectivity index (χ0) is 17.2. The summed E-state index contributed by atoms with van der Waals surface area (Å²) < 4.78 is 5.94. The van der Waals surface area contributed by atoms with E-state index in [9.17, 15) is 0 Å². The van der Waals surface area contributed by atoms with Crippen LogP contribution < -0.4 is 10.1 Å². The molecule has 0 aliphatic heterocycles. The maximum atomic E-state index is 8.78.